The number of halogens is 4. The number of pyridine rings is 1. The molecule has 6 rings (SSSR count). The minimum absolute atomic E-state index is 0.295. The fourth-order valence-electron chi connectivity index (χ4n) is 4.51. The average Bonchev–Trinajstić information content (AvgIpc) is 3.67. The number of aliphatic carboxylic acids is 1. The number of nitrogen functional groups attached to an aromatic ring is 1. The number of nitrogens with two attached hydrogens (primary N) is 1. The van der Waals surface area contributed by atoms with E-state index in [0.717, 1.165) is 37.1 Å². The molecule has 2 aromatic carbocycles. The number of oxazole rings is 1. The molecule has 234 valence electrons. The highest BCUT2D eigenvalue weighted by atomic mass is 19.4. The maximum atomic E-state index is 13.1. The Morgan fingerprint density at radius 2 is 1.67 bits per heavy atom. The molecule has 1 aliphatic heterocycles. The van der Waals surface area contributed by atoms with Gasteiger partial charge in [0.1, 0.15) is 17.2 Å². The molecule has 0 unspecified atom stereocenters. The Bertz CT molecular complexity index is 1820. The molecule has 3 aromatic heterocycles. The number of carbonyl (C=O) groups is 2. The summed E-state index contributed by atoms with van der Waals surface area (Å²) in [5, 5.41) is 20.5. The molecule has 5 aromatic rings. The lowest BCUT2D eigenvalue weighted by atomic mass is 10.1. The van der Waals surface area contributed by atoms with Crippen LogP contribution in [0.25, 0.3) is 33.7 Å². The first kappa shape index (κ1) is 30.9. The Morgan fingerprint density at radius 3 is 2.36 bits per heavy atom. The molecule has 0 spiro atoms. The molecule has 6 N–H and O–H groups in total. The van der Waals surface area contributed by atoms with Crippen molar-refractivity contribution in [1.29, 1.82) is 0 Å². The molecule has 0 bridgehead atoms. The molecule has 2 amide bonds. The van der Waals surface area contributed by atoms with Gasteiger partial charge >= 0.3 is 18.2 Å². The molecule has 0 saturated carbocycles. The van der Waals surface area contributed by atoms with Crippen molar-refractivity contribution in [1.82, 2.24) is 25.1 Å². The van der Waals surface area contributed by atoms with E-state index in [-0.39, 0.29) is 5.82 Å². The van der Waals surface area contributed by atoms with Crippen LogP contribution < -0.4 is 21.7 Å². The first-order chi connectivity index (χ1) is 21.5. The van der Waals surface area contributed by atoms with Crippen LogP contribution in [-0.2, 0) is 4.79 Å². The van der Waals surface area contributed by atoms with Gasteiger partial charge in [0.2, 0.25) is 5.89 Å². The number of carboxylic acid groups (broad SMARTS) is 1. The van der Waals surface area contributed by atoms with Gasteiger partial charge in [-0.15, -0.1) is 0 Å². The van der Waals surface area contributed by atoms with Crippen LogP contribution in [0.2, 0.25) is 0 Å². The van der Waals surface area contributed by atoms with Crippen LogP contribution in [0.4, 0.5) is 39.5 Å². The van der Waals surface area contributed by atoms with Crippen molar-refractivity contribution >= 4 is 40.3 Å². The largest absolute Gasteiger partial charge is 0.490 e. The maximum Gasteiger partial charge on any atom is 0.490 e. The maximum absolute atomic E-state index is 13.1. The summed E-state index contributed by atoms with van der Waals surface area (Å²) in [4.78, 5) is 30.2. The molecular formula is C29H26F4N8O4. The molecule has 16 heteroatoms. The number of aromatic nitrogens is 4. The highest BCUT2D eigenvalue weighted by Gasteiger charge is 2.38. The summed E-state index contributed by atoms with van der Waals surface area (Å²) in [7, 11) is 0. The molecular weight excluding hydrogens is 600 g/mol. The first-order valence-corrected chi connectivity index (χ1v) is 13.5. The van der Waals surface area contributed by atoms with Crippen molar-refractivity contribution in [2.75, 3.05) is 29.5 Å². The minimum atomic E-state index is -5.08. The number of nitrogens with one attached hydrogen (secondary N) is 3. The van der Waals surface area contributed by atoms with Crippen LogP contribution in [0.15, 0.2) is 71.5 Å². The predicted molar refractivity (Wildman–Crippen MR) is 157 cm³/mol. The van der Waals surface area contributed by atoms with Gasteiger partial charge in [0.15, 0.2) is 5.58 Å². The van der Waals surface area contributed by atoms with E-state index >= 15 is 0 Å². The van der Waals surface area contributed by atoms with Crippen LogP contribution in [0.1, 0.15) is 18.9 Å². The van der Waals surface area contributed by atoms with Gasteiger partial charge in [-0.1, -0.05) is 0 Å². The van der Waals surface area contributed by atoms with E-state index in [1.54, 1.807) is 24.4 Å². The van der Waals surface area contributed by atoms with Crippen molar-refractivity contribution in [3.8, 4) is 22.6 Å². The van der Waals surface area contributed by atoms with E-state index in [4.69, 9.17) is 20.1 Å². The zero-order chi connectivity index (χ0) is 32.1. The SMILES string of the molecule is Nc1ncc(-c2cnn(C3CCNCC3)c2)cc1-c1nc2ccc(NC(=O)Nc3ccc(F)cc3)cc2o1.O=C(O)C(F)(F)F. The highest BCUT2D eigenvalue weighted by molar-refractivity contribution is 6.00. The number of carboxylic acids is 1. The zero-order valence-corrected chi connectivity index (χ0v) is 23.3. The van der Waals surface area contributed by atoms with Crippen LogP contribution in [0.3, 0.4) is 0 Å². The van der Waals surface area contributed by atoms with E-state index in [1.165, 1.54) is 24.3 Å². The fourth-order valence-corrected chi connectivity index (χ4v) is 4.51. The molecule has 0 atom stereocenters. The number of hydrogen-bond donors (Lipinski definition) is 5. The smallest absolute Gasteiger partial charge is 0.475 e. The summed E-state index contributed by atoms with van der Waals surface area (Å²) in [5.74, 6) is -2.52. The minimum Gasteiger partial charge on any atom is -0.475 e. The quantitative estimate of drug-likeness (QED) is 0.154. The van der Waals surface area contributed by atoms with E-state index in [0.29, 0.717) is 45.8 Å². The van der Waals surface area contributed by atoms with E-state index in [2.05, 4.69) is 31.0 Å². The molecule has 0 radical (unpaired) electrons. The Kier molecular flexibility index (Phi) is 8.94. The van der Waals surface area contributed by atoms with Gasteiger partial charge in [-0.3, -0.25) is 4.68 Å². The van der Waals surface area contributed by atoms with Crippen molar-refractivity contribution in [3.63, 3.8) is 0 Å². The Balaban J connectivity index is 0.000000515. The summed E-state index contributed by atoms with van der Waals surface area (Å²) >= 11 is 0. The number of hydrogen-bond acceptors (Lipinski definition) is 8. The van der Waals surface area contributed by atoms with Crippen LogP contribution in [0.5, 0.6) is 0 Å². The normalized spacial score (nSPS) is 13.6. The summed E-state index contributed by atoms with van der Waals surface area (Å²) in [6.45, 7) is 1.97. The lowest BCUT2D eigenvalue weighted by Gasteiger charge is -2.22. The third kappa shape index (κ3) is 7.72. The van der Waals surface area contributed by atoms with E-state index in [1.807, 2.05) is 23.1 Å². The summed E-state index contributed by atoms with van der Waals surface area (Å²) in [6.07, 6.45) is 2.58. The monoisotopic (exact) mass is 626 g/mol. The Hall–Kier alpha value is -5.51. The molecule has 1 saturated heterocycles. The lowest BCUT2D eigenvalue weighted by molar-refractivity contribution is -0.192. The molecule has 4 heterocycles. The van der Waals surface area contributed by atoms with Crippen molar-refractivity contribution in [2.24, 2.45) is 0 Å². The number of benzene rings is 2. The fraction of sp³-hybridized carbons (Fsp3) is 0.207. The van der Waals surface area contributed by atoms with Crippen molar-refractivity contribution in [3.05, 3.63) is 72.9 Å². The van der Waals surface area contributed by atoms with Gasteiger partial charge in [0.25, 0.3) is 0 Å². The van der Waals surface area contributed by atoms with Gasteiger partial charge in [-0.2, -0.15) is 18.3 Å². The average molecular weight is 627 g/mol. The Labute approximate surface area is 252 Å². The van der Waals surface area contributed by atoms with E-state index < -0.39 is 18.2 Å². The number of alkyl halides is 3. The standard InChI is InChI=1S/C27H25FN8O2.C2HF3O2/c28-18-1-3-19(4-2-18)33-27(37)34-20-5-6-23-24(12-20)38-26(35-23)22-11-16(13-31-25(22)29)17-14-32-36(15-17)21-7-9-30-10-8-21;3-2(4,5)1(6)7/h1-6,11-15,21,30H,7-10H2,(H2,29,31)(H2,33,34,37);(H,6,7). The van der Waals surface area contributed by atoms with Gasteiger partial charge in [0.05, 0.1) is 17.8 Å². The predicted octanol–water partition coefficient (Wildman–Crippen LogP) is 5.68. The summed E-state index contributed by atoms with van der Waals surface area (Å²) in [5.41, 5.74) is 10.6. The number of anilines is 3. The van der Waals surface area contributed by atoms with E-state index in [9.17, 15) is 22.4 Å². The van der Waals surface area contributed by atoms with Crippen LogP contribution >= 0.6 is 0 Å². The van der Waals surface area contributed by atoms with Gasteiger partial charge in [-0.25, -0.2) is 23.9 Å². The number of urea groups is 1. The number of fused-ring (bicyclic) bond motifs is 1. The second-order valence-electron chi connectivity index (χ2n) is 9.94. The third-order valence-corrected chi connectivity index (χ3v) is 6.76. The van der Waals surface area contributed by atoms with Crippen molar-refractivity contribution in [2.45, 2.75) is 25.1 Å². The van der Waals surface area contributed by atoms with Crippen molar-refractivity contribution < 1.29 is 36.7 Å². The second kappa shape index (κ2) is 13.0. The number of amides is 2. The highest BCUT2D eigenvalue weighted by Crippen LogP contribution is 2.32. The van der Waals surface area contributed by atoms with Gasteiger partial charge in [0, 0.05) is 41.0 Å². The van der Waals surface area contributed by atoms with Gasteiger partial charge in [-0.05, 0) is 68.4 Å². The number of nitrogens with zero attached hydrogens (tertiary/aromatic N) is 4. The summed E-state index contributed by atoms with van der Waals surface area (Å²) in [6, 6.07) is 12.4. The molecule has 1 fully saturated rings. The molecule has 0 aliphatic carbocycles. The molecule has 12 nitrogen and oxygen atoms in total. The van der Waals surface area contributed by atoms with Gasteiger partial charge < -0.3 is 31.2 Å². The third-order valence-electron chi connectivity index (χ3n) is 6.76. The zero-order valence-electron chi connectivity index (χ0n) is 23.3. The number of piperidine rings is 1. The topological polar surface area (TPSA) is 173 Å². The second-order valence-corrected chi connectivity index (χ2v) is 9.94. The number of carbonyl (C=O) groups excluding carboxylic acids is 1. The van der Waals surface area contributed by atoms with Crippen LogP contribution in [-0.4, -0.2) is 56.1 Å². The Morgan fingerprint density at radius 1 is 1.00 bits per heavy atom. The lowest BCUT2D eigenvalue weighted by Crippen LogP contribution is -2.29. The van der Waals surface area contributed by atoms with Crippen LogP contribution in [0, 0.1) is 5.82 Å². The first-order valence-electron chi connectivity index (χ1n) is 13.5. The molecule has 1 aliphatic rings. The summed E-state index contributed by atoms with van der Waals surface area (Å²) < 4.78 is 52.9. The molecule has 45 heavy (non-hydrogen) atoms. The number of rotatable bonds is 5.